The Morgan fingerprint density at radius 2 is 1.96 bits per heavy atom. The van der Waals surface area contributed by atoms with Crippen LogP contribution in [0.5, 0.6) is 0 Å². The number of carbonyl (C=O) groups excluding carboxylic acids is 2. The van der Waals surface area contributed by atoms with Gasteiger partial charge in [0, 0.05) is 17.3 Å². The first-order chi connectivity index (χ1) is 12.2. The van der Waals surface area contributed by atoms with Gasteiger partial charge in [-0.3, -0.25) is 4.90 Å². The second-order valence-electron chi connectivity index (χ2n) is 6.28. The molecule has 0 spiro atoms. The molecule has 0 aromatic heterocycles. The zero-order valence-electron chi connectivity index (χ0n) is 14.2. The number of cyclic esters (lactones) is 1. The normalized spacial score (nSPS) is 17.4. The van der Waals surface area contributed by atoms with E-state index in [4.69, 9.17) is 4.74 Å². The maximum Gasteiger partial charge on any atom is 0.414 e. The standard InChI is InChI=1S/C19H23N3O3/c23-18(21-16-6-2-1-3-7-16)20-12-4-5-15-8-10-17(11-9-15)22-13-14-25-19(22)24/h8-11,16H,1-3,6-7,12-14H2,(H2,20,21,23). The summed E-state index contributed by atoms with van der Waals surface area (Å²) >= 11 is 0. The SMILES string of the molecule is O=C(NCC#Cc1ccc(N2CCOC2=O)cc1)NC1CCCCC1. The minimum absolute atomic E-state index is 0.149. The summed E-state index contributed by atoms with van der Waals surface area (Å²) in [5, 5.41) is 5.76. The Bertz CT molecular complexity index is 669. The highest BCUT2D eigenvalue weighted by molar-refractivity contribution is 5.89. The van der Waals surface area contributed by atoms with Gasteiger partial charge >= 0.3 is 12.1 Å². The first kappa shape index (κ1) is 17.2. The number of nitrogens with one attached hydrogen (secondary N) is 2. The maximum atomic E-state index is 11.8. The quantitative estimate of drug-likeness (QED) is 0.830. The van der Waals surface area contributed by atoms with Gasteiger partial charge in [-0.25, -0.2) is 9.59 Å². The summed E-state index contributed by atoms with van der Waals surface area (Å²) in [5.41, 5.74) is 1.64. The number of carbonyl (C=O) groups is 2. The van der Waals surface area contributed by atoms with Crippen LogP contribution in [0.4, 0.5) is 15.3 Å². The number of hydrogen-bond donors (Lipinski definition) is 2. The Hall–Kier alpha value is -2.68. The zero-order chi connectivity index (χ0) is 17.5. The van der Waals surface area contributed by atoms with E-state index in [1.807, 2.05) is 24.3 Å². The van der Waals surface area contributed by atoms with Crippen molar-refractivity contribution < 1.29 is 14.3 Å². The van der Waals surface area contributed by atoms with Crippen molar-refractivity contribution in [3.8, 4) is 11.8 Å². The van der Waals surface area contributed by atoms with Gasteiger partial charge < -0.3 is 15.4 Å². The third-order valence-electron chi connectivity index (χ3n) is 4.45. The van der Waals surface area contributed by atoms with Crippen molar-refractivity contribution in [1.82, 2.24) is 10.6 Å². The molecular weight excluding hydrogens is 318 g/mol. The first-order valence-electron chi connectivity index (χ1n) is 8.80. The summed E-state index contributed by atoms with van der Waals surface area (Å²) < 4.78 is 4.92. The third kappa shape index (κ3) is 4.90. The highest BCUT2D eigenvalue weighted by Crippen LogP contribution is 2.19. The van der Waals surface area contributed by atoms with E-state index in [-0.39, 0.29) is 12.1 Å². The van der Waals surface area contributed by atoms with E-state index in [1.54, 1.807) is 4.90 Å². The average molecular weight is 341 g/mol. The predicted molar refractivity (Wildman–Crippen MR) is 95.4 cm³/mol. The molecule has 2 fully saturated rings. The number of ether oxygens (including phenoxy) is 1. The Balaban J connectivity index is 1.43. The van der Waals surface area contributed by atoms with Gasteiger partial charge in [0.1, 0.15) is 6.61 Å². The molecule has 1 aromatic rings. The lowest BCUT2D eigenvalue weighted by Crippen LogP contribution is -2.42. The fraction of sp³-hybridized carbons (Fsp3) is 0.474. The predicted octanol–water partition coefficient (Wildman–Crippen LogP) is 2.63. The van der Waals surface area contributed by atoms with Gasteiger partial charge in [-0.2, -0.15) is 0 Å². The average Bonchev–Trinajstić information content (AvgIpc) is 3.06. The second-order valence-corrected chi connectivity index (χ2v) is 6.28. The molecule has 132 valence electrons. The number of rotatable bonds is 3. The van der Waals surface area contributed by atoms with Crippen molar-refractivity contribution in [2.75, 3.05) is 24.6 Å². The molecule has 1 aliphatic carbocycles. The van der Waals surface area contributed by atoms with Crippen LogP contribution in [-0.4, -0.2) is 37.9 Å². The fourth-order valence-electron chi connectivity index (χ4n) is 3.11. The van der Waals surface area contributed by atoms with Crippen molar-refractivity contribution in [2.24, 2.45) is 0 Å². The third-order valence-corrected chi connectivity index (χ3v) is 4.45. The number of benzene rings is 1. The van der Waals surface area contributed by atoms with E-state index in [1.165, 1.54) is 19.3 Å². The van der Waals surface area contributed by atoms with Crippen molar-refractivity contribution in [3.05, 3.63) is 29.8 Å². The molecule has 2 N–H and O–H groups in total. The molecule has 1 aliphatic heterocycles. The van der Waals surface area contributed by atoms with Crippen molar-refractivity contribution in [3.63, 3.8) is 0 Å². The van der Waals surface area contributed by atoms with Crippen LogP contribution in [0.15, 0.2) is 24.3 Å². The number of nitrogens with zero attached hydrogens (tertiary/aromatic N) is 1. The van der Waals surface area contributed by atoms with Crippen LogP contribution in [0.25, 0.3) is 0 Å². The molecule has 0 unspecified atom stereocenters. The van der Waals surface area contributed by atoms with Crippen LogP contribution in [-0.2, 0) is 4.74 Å². The molecule has 0 atom stereocenters. The van der Waals surface area contributed by atoms with E-state index in [9.17, 15) is 9.59 Å². The largest absolute Gasteiger partial charge is 0.447 e. The lowest BCUT2D eigenvalue weighted by atomic mass is 9.96. The summed E-state index contributed by atoms with van der Waals surface area (Å²) in [5.74, 6) is 5.95. The van der Waals surface area contributed by atoms with Crippen molar-refractivity contribution in [2.45, 2.75) is 38.1 Å². The molecule has 1 saturated carbocycles. The van der Waals surface area contributed by atoms with Gasteiger partial charge in [0.15, 0.2) is 0 Å². The highest BCUT2D eigenvalue weighted by atomic mass is 16.6. The molecule has 3 amide bonds. The first-order valence-corrected chi connectivity index (χ1v) is 8.80. The minimum atomic E-state index is -0.313. The number of amides is 3. The lowest BCUT2D eigenvalue weighted by Gasteiger charge is -2.22. The molecule has 25 heavy (non-hydrogen) atoms. The second kappa shape index (κ2) is 8.43. The molecule has 3 rings (SSSR count). The number of urea groups is 1. The number of anilines is 1. The van der Waals surface area contributed by atoms with Crippen LogP contribution in [0.1, 0.15) is 37.7 Å². The molecule has 1 saturated heterocycles. The molecule has 2 aliphatic rings. The van der Waals surface area contributed by atoms with Gasteiger partial charge in [-0.1, -0.05) is 31.1 Å². The van der Waals surface area contributed by atoms with E-state index >= 15 is 0 Å². The highest BCUT2D eigenvalue weighted by Gasteiger charge is 2.23. The molecule has 1 aromatic carbocycles. The Morgan fingerprint density at radius 1 is 1.20 bits per heavy atom. The summed E-state index contributed by atoms with van der Waals surface area (Å²) in [4.78, 5) is 24.9. The molecular formula is C19H23N3O3. The van der Waals surface area contributed by atoms with Crippen LogP contribution in [0.2, 0.25) is 0 Å². The van der Waals surface area contributed by atoms with Gasteiger partial charge in [0.05, 0.1) is 13.1 Å². The number of hydrogen-bond acceptors (Lipinski definition) is 3. The van der Waals surface area contributed by atoms with Crippen molar-refractivity contribution >= 4 is 17.8 Å². The van der Waals surface area contributed by atoms with Gasteiger partial charge in [0.2, 0.25) is 0 Å². The van der Waals surface area contributed by atoms with Gasteiger partial charge in [-0.05, 0) is 37.1 Å². The van der Waals surface area contributed by atoms with Crippen LogP contribution < -0.4 is 15.5 Å². The maximum absolute atomic E-state index is 11.8. The summed E-state index contributed by atoms with van der Waals surface area (Å²) in [7, 11) is 0. The Kier molecular flexibility index (Phi) is 5.78. The topological polar surface area (TPSA) is 70.7 Å². The zero-order valence-corrected chi connectivity index (χ0v) is 14.2. The van der Waals surface area contributed by atoms with Gasteiger partial charge in [0.25, 0.3) is 0 Å². The molecule has 6 heteroatoms. The molecule has 1 heterocycles. The molecule has 0 bridgehead atoms. The van der Waals surface area contributed by atoms with Gasteiger partial charge in [-0.15, -0.1) is 0 Å². The fourth-order valence-corrected chi connectivity index (χ4v) is 3.11. The summed E-state index contributed by atoms with van der Waals surface area (Å²) in [6.07, 6.45) is 5.47. The summed E-state index contributed by atoms with van der Waals surface area (Å²) in [6, 6.07) is 7.56. The van der Waals surface area contributed by atoms with E-state index < -0.39 is 0 Å². The van der Waals surface area contributed by atoms with Crippen LogP contribution in [0, 0.1) is 11.8 Å². The minimum Gasteiger partial charge on any atom is -0.447 e. The van der Waals surface area contributed by atoms with E-state index in [0.29, 0.717) is 25.7 Å². The molecule has 0 radical (unpaired) electrons. The smallest absolute Gasteiger partial charge is 0.414 e. The van der Waals surface area contributed by atoms with Crippen LogP contribution >= 0.6 is 0 Å². The van der Waals surface area contributed by atoms with Crippen LogP contribution in [0.3, 0.4) is 0 Å². The summed E-state index contributed by atoms with van der Waals surface area (Å²) in [6.45, 7) is 1.30. The lowest BCUT2D eigenvalue weighted by molar-refractivity contribution is 0.181. The van der Waals surface area contributed by atoms with Crippen molar-refractivity contribution in [1.29, 1.82) is 0 Å². The Morgan fingerprint density at radius 3 is 2.64 bits per heavy atom. The van der Waals surface area contributed by atoms with E-state index in [2.05, 4.69) is 22.5 Å². The Labute approximate surface area is 147 Å². The molecule has 6 nitrogen and oxygen atoms in total. The van der Waals surface area contributed by atoms with E-state index in [0.717, 1.165) is 24.1 Å². The monoisotopic (exact) mass is 341 g/mol.